The summed E-state index contributed by atoms with van der Waals surface area (Å²) in [4.78, 5) is 0. The lowest BCUT2D eigenvalue weighted by Crippen LogP contribution is -2.01. The fraction of sp³-hybridized carbons (Fsp3) is 0.636. The Balaban J connectivity index is 2.75. The molecule has 1 aliphatic carbocycles. The van der Waals surface area contributed by atoms with E-state index in [2.05, 4.69) is 33.8 Å². The van der Waals surface area contributed by atoms with Crippen molar-refractivity contribution in [2.75, 3.05) is 0 Å². The van der Waals surface area contributed by atoms with Crippen molar-refractivity contribution in [3.05, 3.63) is 22.8 Å². The zero-order chi connectivity index (χ0) is 8.43. The second-order valence-corrected chi connectivity index (χ2v) is 3.89. The lowest BCUT2D eigenvalue weighted by molar-refractivity contribution is 0.716. The van der Waals surface area contributed by atoms with Crippen LogP contribution in [0, 0.1) is 5.92 Å². The summed E-state index contributed by atoms with van der Waals surface area (Å²) in [7, 11) is 0. The summed E-state index contributed by atoms with van der Waals surface area (Å²) in [5.74, 6) is 0.736. The molecular weight excluding hydrogens is 132 g/mol. The molecule has 0 radical (unpaired) electrons. The third-order valence-corrected chi connectivity index (χ3v) is 2.46. The summed E-state index contributed by atoms with van der Waals surface area (Å²) >= 11 is 0. The van der Waals surface area contributed by atoms with Gasteiger partial charge < -0.3 is 0 Å². The van der Waals surface area contributed by atoms with Crippen LogP contribution in [0.2, 0.25) is 0 Å². The van der Waals surface area contributed by atoms with E-state index >= 15 is 0 Å². The summed E-state index contributed by atoms with van der Waals surface area (Å²) in [6, 6.07) is 0. The van der Waals surface area contributed by atoms with Crippen LogP contribution in [0.15, 0.2) is 22.8 Å². The van der Waals surface area contributed by atoms with Crippen LogP contribution < -0.4 is 0 Å². The van der Waals surface area contributed by atoms with E-state index in [9.17, 15) is 0 Å². The van der Waals surface area contributed by atoms with Crippen molar-refractivity contribution < 1.29 is 0 Å². The molecule has 0 saturated heterocycles. The summed E-state index contributed by atoms with van der Waals surface area (Å²) < 4.78 is 0. The minimum atomic E-state index is 0.736. The van der Waals surface area contributed by atoms with Crippen LogP contribution in [-0.4, -0.2) is 0 Å². The normalized spacial score (nSPS) is 19.2. The van der Waals surface area contributed by atoms with Crippen molar-refractivity contribution in [3.8, 4) is 0 Å². The van der Waals surface area contributed by atoms with Gasteiger partial charge in [0.25, 0.3) is 0 Å². The molecule has 0 unspecified atom stereocenters. The van der Waals surface area contributed by atoms with Crippen LogP contribution in [0.5, 0.6) is 0 Å². The minimum absolute atomic E-state index is 0.736. The molecule has 0 spiro atoms. The average molecular weight is 150 g/mol. The van der Waals surface area contributed by atoms with Gasteiger partial charge in [-0.2, -0.15) is 0 Å². The van der Waals surface area contributed by atoms with Crippen LogP contribution in [0.1, 0.15) is 40.5 Å². The predicted molar refractivity (Wildman–Crippen MR) is 50.5 cm³/mol. The predicted octanol–water partition coefficient (Wildman–Crippen LogP) is 3.70. The van der Waals surface area contributed by atoms with Crippen molar-refractivity contribution >= 4 is 0 Å². The smallest absolute Gasteiger partial charge is 0.0111 e. The molecule has 0 bridgehead atoms. The van der Waals surface area contributed by atoms with Gasteiger partial charge in [0.2, 0.25) is 0 Å². The second-order valence-electron chi connectivity index (χ2n) is 3.89. The Morgan fingerprint density at radius 2 is 1.91 bits per heavy atom. The zero-order valence-electron chi connectivity index (χ0n) is 8.07. The van der Waals surface area contributed by atoms with Crippen molar-refractivity contribution in [2.45, 2.75) is 40.5 Å². The Kier molecular flexibility index (Phi) is 2.53. The maximum Gasteiger partial charge on any atom is -0.0111 e. The van der Waals surface area contributed by atoms with E-state index < -0.39 is 0 Å². The van der Waals surface area contributed by atoms with Gasteiger partial charge in [0.05, 0.1) is 0 Å². The second kappa shape index (κ2) is 3.25. The first kappa shape index (κ1) is 8.58. The molecule has 0 N–H and O–H groups in total. The van der Waals surface area contributed by atoms with Gasteiger partial charge in [0.1, 0.15) is 0 Å². The molecule has 0 fully saturated rings. The molecule has 11 heavy (non-hydrogen) atoms. The van der Waals surface area contributed by atoms with E-state index in [1.54, 1.807) is 11.1 Å². The summed E-state index contributed by atoms with van der Waals surface area (Å²) in [6.45, 7) is 9.06. The fourth-order valence-electron chi connectivity index (χ4n) is 1.79. The van der Waals surface area contributed by atoms with E-state index in [1.165, 1.54) is 18.4 Å². The van der Waals surface area contributed by atoms with E-state index in [0.717, 1.165) is 5.92 Å². The summed E-state index contributed by atoms with van der Waals surface area (Å²) in [5, 5.41) is 0. The first-order chi connectivity index (χ1) is 5.11. The Morgan fingerprint density at radius 3 is 2.36 bits per heavy atom. The summed E-state index contributed by atoms with van der Waals surface area (Å²) in [6.07, 6.45) is 4.76. The molecule has 1 aliphatic rings. The molecule has 0 aliphatic heterocycles. The van der Waals surface area contributed by atoms with Crippen LogP contribution in [0.25, 0.3) is 0 Å². The van der Waals surface area contributed by atoms with Gasteiger partial charge in [-0.15, -0.1) is 0 Å². The molecule has 0 aromatic carbocycles. The number of hydrogen-bond acceptors (Lipinski definition) is 0. The van der Waals surface area contributed by atoms with Crippen LogP contribution in [0.4, 0.5) is 0 Å². The molecule has 0 heterocycles. The van der Waals surface area contributed by atoms with E-state index in [-0.39, 0.29) is 0 Å². The van der Waals surface area contributed by atoms with Crippen molar-refractivity contribution in [3.63, 3.8) is 0 Å². The third kappa shape index (κ3) is 1.95. The summed E-state index contributed by atoms with van der Waals surface area (Å²) in [5.41, 5.74) is 4.78. The van der Waals surface area contributed by atoms with E-state index in [0.29, 0.717) is 0 Å². The molecular formula is C11H18. The first-order valence-electron chi connectivity index (χ1n) is 4.45. The van der Waals surface area contributed by atoms with Crippen LogP contribution in [-0.2, 0) is 0 Å². The zero-order valence-corrected chi connectivity index (χ0v) is 8.07. The Morgan fingerprint density at radius 1 is 1.27 bits per heavy atom. The molecule has 0 heteroatoms. The molecule has 1 rings (SSSR count). The average Bonchev–Trinajstić information content (AvgIpc) is 1.85. The highest BCUT2D eigenvalue weighted by Gasteiger charge is 2.10. The minimum Gasteiger partial charge on any atom is -0.0812 e. The van der Waals surface area contributed by atoms with Gasteiger partial charge in [-0.3, -0.25) is 0 Å². The highest BCUT2D eigenvalue weighted by molar-refractivity contribution is 5.27. The molecule has 0 nitrogen and oxygen atoms in total. The molecule has 0 saturated carbocycles. The SMILES string of the molecule is CC1=CCC(C(C)C)=C(C)C1. The molecule has 0 aromatic heterocycles. The van der Waals surface area contributed by atoms with Gasteiger partial charge >= 0.3 is 0 Å². The van der Waals surface area contributed by atoms with Gasteiger partial charge in [0.15, 0.2) is 0 Å². The standard InChI is InChI=1S/C11H18/c1-8(2)11-6-5-9(3)7-10(11)4/h5,8H,6-7H2,1-4H3. The van der Waals surface area contributed by atoms with Gasteiger partial charge in [-0.25, -0.2) is 0 Å². The fourth-order valence-corrected chi connectivity index (χ4v) is 1.79. The number of hydrogen-bond donors (Lipinski definition) is 0. The van der Waals surface area contributed by atoms with Crippen molar-refractivity contribution in [1.82, 2.24) is 0 Å². The maximum atomic E-state index is 2.36. The largest absolute Gasteiger partial charge is 0.0812 e. The highest BCUT2D eigenvalue weighted by atomic mass is 14.2. The van der Waals surface area contributed by atoms with E-state index in [1.807, 2.05) is 0 Å². The van der Waals surface area contributed by atoms with Crippen LogP contribution in [0.3, 0.4) is 0 Å². The Hall–Kier alpha value is -0.520. The highest BCUT2D eigenvalue weighted by Crippen LogP contribution is 2.28. The van der Waals surface area contributed by atoms with Crippen molar-refractivity contribution in [2.24, 2.45) is 5.92 Å². The Bertz CT molecular complexity index is 204. The lowest BCUT2D eigenvalue weighted by atomic mass is 9.87. The molecule has 0 atom stereocenters. The first-order valence-corrected chi connectivity index (χ1v) is 4.45. The monoisotopic (exact) mass is 150 g/mol. The van der Waals surface area contributed by atoms with Gasteiger partial charge in [0, 0.05) is 0 Å². The molecule has 62 valence electrons. The number of allylic oxidation sites excluding steroid dienone is 4. The van der Waals surface area contributed by atoms with Crippen LogP contribution >= 0.6 is 0 Å². The lowest BCUT2D eigenvalue weighted by Gasteiger charge is -2.19. The quantitative estimate of drug-likeness (QED) is 0.500. The molecule has 0 aromatic rings. The molecule has 0 amide bonds. The topological polar surface area (TPSA) is 0 Å². The third-order valence-electron chi connectivity index (χ3n) is 2.46. The van der Waals surface area contributed by atoms with Gasteiger partial charge in [-0.05, 0) is 32.6 Å². The van der Waals surface area contributed by atoms with Gasteiger partial charge in [-0.1, -0.05) is 36.6 Å². The number of rotatable bonds is 1. The maximum absolute atomic E-state index is 2.36. The van der Waals surface area contributed by atoms with Crippen molar-refractivity contribution in [1.29, 1.82) is 0 Å². The Labute approximate surface area is 70.0 Å². The van der Waals surface area contributed by atoms with E-state index in [4.69, 9.17) is 0 Å².